The molecule has 0 atom stereocenters. The van der Waals surface area contributed by atoms with Crippen LogP contribution < -0.4 is 0 Å². The monoisotopic (exact) mass is 337 g/mol. The summed E-state index contributed by atoms with van der Waals surface area (Å²) in [5, 5.41) is 2.10. The predicted molar refractivity (Wildman–Crippen MR) is 98.5 cm³/mol. The number of ketones is 1. The summed E-state index contributed by atoms with van der Waals surface area (Å²) in [6.07, 6.45) is 5.66. The number of carbonyl (C=O) groups is 1. The zero-order chi connectivity index (χ0) is 16.7. The minimum Gasteiger partial charge on any atom is -0.348 e. The van der Waals surface area contributed by atoms with Crippen molar-refractivity contribution in [2.24, 2.45) is 7.05 Å². The van der Waals surface area contributed by atoms with Gasteiger partial charge in [-0.3, -0.25) is 4.79 Å². The number of H-pyrrole nitrogens is 1. The SMILES string of the molecule is CCCc1[nH]cnc1/C=C1/CSc2c(c3ccccc3n2C)C1=O. The molecule has 3 aromatic rings. The molecule has 1 aliphatic heterocycles. The number of Topliss-reactive ketones (excluding diaryl/α,β-unsaturated/α-hetero) is 1. The summed E-state index contributed by atoms with van der Waals surface area (Å²) in [7, 11) is 2.03. The van der Waals surface area contributed by atoms with Gasteiger partial charge in [0.2, 0.25) is 0 Å². The number of para-hydroxylation sites is 1. The molecule has 0 unspecified atom stereocenters. The lowest BCUT2D eigenvalue weighted by atomic mass is 10.0. The number of aryl methyl sites for hydroxylation is 2. The van der Waals surface area contributed by atoms with Crippen LogP contribution in [0.3, 0.4) is 0 Å². The fourth-order valence-electron chi connectivity index (χ4n) is 3.31. The molecule has 4 nitrogen and oxygen atoms in total. The van der Waals surface area contributed by atoms with E-state index in [1.165, 1.54) is 0 Å². The average Bonchev–Trinajstić information content (AvgIpc) is 3.14. The number of rotatable bonds is 3. The number of aromatic nitrogens is 3. The molecule has 0 bridgehead atoms. The molecule has 0 aliphatic carbocycles. The molecule has 1 aliphatic rings. The molecular weight excluding hydrogens is 318 g/mol. The first-order valence-electron chi connectivity index (χ1n) is 8.18. The number of nitrogens with zero attached hydrogens (tertiary/aromatic N) is 2. The number of thioether (sulfide) groups is 1. The van der Waals surface area contributed by atoms with Gasteiger partial charge in [-0.15, -0.1) is 11.8 Å². The Morgan fingerprint density at radius 3 is 3.04 bits per heavy atom. The van der Waals surface area contributed by atoms with Crippen LogP contribution in [0.4, 0.5) is 0 Å². The van der Waals surface area contributed by atoms with Crippen molar-refractivity contribution in [2.45, 2.75) is 24.8 Å². The largest absolute Gasteiger partial charge is 0.348 e. The number of fused-ring (bicyclic) bond motifs is 3. The Balaban J connectivity index is 1.81. The zero-order valence-corrected chi connectivity index (χ0v) is 14.6. The van der Waals surface area contributed by atoms with Crippen LogP contribution in [-0.4, -0.2) is 26.1 Å². The van der Waals surface area contributed by atoms with Gasteiger partial charge in [0.15, 0.2) is 5.78 Å². The Bertz CT molecular complexity index is 964. The van der Waals surface area contributed by atoms with Gasteiger partial charge in [-0.05, 0) is 18.6 Å². The molecule has 0 saturated heterocycles. The quantitative estimate of drug-likeness (QED) is 0.728. The second-order valence-electron chi connectivity index (χ2n) is 6.06. The molecule has 0 radical (unpaired) electrons. The van der Waals surface area contributed by atoms with Gasteiger partial charge in [-0.25, -0.2) is 4.98 Å². The third kappa shape index (κ3) is 2.31. The molecule has 24 heavy (non-hydrogen) atoms. The molecule has 0 saturated carbocycles. The van der Waals surface area contributed by atoms with Crippen molar-refractivity contribution in [2.75, 3.05) is 5.75 Å². The summed E-state index contributed by atoms with van der Waals surface area (Å²) in [6, 6.07) is 8.11. The molecule has 0 amide bonds. The van der Waals surface area contributed by atoms with E-state index in [1.54, 1.807) is 18.1 Å². The van der Waals surface area contributed by atoms with E-state index in [4.69, 9.17) is 0 Å². The van der Waals surface area contributed by atoms with Gasteiger partial charge in [0.25, 0.3) is 0 Å². The topological polar surface area (TPSA) is 50.7 Å². The van der Waals surface area contributed by atoms with E-state index in [0.29, 0.717) is 5.75 Å². The van der Waals surface area contributed by atoms with Gasteiger partial charge in [0.1, 0.15) is 0 Å². The van der Waals surface area contributed by atoms with E-state index < -0.39 is 0 Å². The van der Waals surface area contributed by atoms with E-state index in [-0.39, 0.29) is 5.78 Å². The molecule has 2 aromatic heterocycles. The van der Waals surface area contributed by atoms with Crippen molar-refractivity contribution < 1.29 is 4.79 Å². The second-order valence-corrected chi connectivity index (χ2v) is 7.02. The van der Waals surface area contributed by atoms with Crippen molar-refractivity contribution >= 4 is 34.5 Å². The van der Waals surface area contributed by atoms with Crippen LogP contribution in [0, 0.1) is 0 Å². The summed E-state index contributed by atoms with van der Waals surface area (Å²) in [4.78, 5) is 20.7. The number of aromatic amines is 1. The second kappa shape index (κ2) is 5.98. The molecule has 0 fully saturated rings. The minimum absolute atomic E-state index is 0.131. The Hall–Kier alpha value is -2.27. The van der Waals surface area contributed by atoms with Gasteiger partial charge in [0, 0.05) is 35.0 Å². The van der Waals surface area contributed by atoms with E-state index in [2.05, 4.69) is 27.5 Å². The average molecular weight is 337 g/mol. The molecule has 1 aromatic carbocycles. The smallest absolute Gasteiger partial charge is 0.193 e. The maximum Gasteiger partial charge on any atom is 0.193 e. The number of carbonyl (C=O) groups excluding carboxylic acids is 1. The van der Waals surface area contributed by atoms with E-state index in [0.717, 1.165) is 51.3 Å². The third-order valence-corrected chi connectivity index (χ3v) is 5.71. The summed E-state index contributed by atoms with van der Waals surface area (Å²) in [6.45, 7) is 2.14. The lowest BCUT2D eigenvalue weighted by Crippen LogP contribution is -2.13. The van der Waals surface area contributed by atoms with Gasteiger partial charge >= 0.3 is 0 Å². The Morgan fingerprint density at radius 1 is 1.38 bits per heavy atom. The van der Waals surface area contributed by atoms with Crippen molar-refractivity contribution in [1.29, 1.82) is 0 Å². The molecule has 122 valence electrons. The molecule has 4 rings (SSSR count). The highest BCUT2D eigenvalue weighted by atomic mass is 32.2. The van der Waals surface area contributed by atoms with Crippen molar-refractivity contribution in [3.63, 3.8) is 0 Å². The molecule has 5 heteroatoms. The third-order valence-electron chi connectivity index (χ3n) is 4.50. The fraction of sp³-hybridized carbons (Fsp3) is 0.263. The molecular formula is C19H19N3OS. The standard InChI is InChI=1S/C19H19N3OS/c1-3-6-14-15(21-11-20-14)9-12-10-24-19-17(18(12)23)13-7-4-5-8-16(13)22(19)2/h4-5,7-9,11H,3,6,10H2,1-2H3,(H,20,21)/b12-9-. The number of benzene rings is 1. The molecule has 0 spiro atoms. The number of nitrogens with one attached hydrogen (secondary N) is 1. The lowest BCUT2D eigenvalue weighted by Gasteiger charge is -2.15. The van der Waals surface area contributed by atoms with Crippen molar-refractivity contribution in [1.82, 2.24) is 14.5 Å². The first-order valence-corrected chi connectivity index (χ1v) is 9.17. The van der Waals surface area contributed by atoms with Crippen LogP contribution in [0.25, 0.3) is 17.0 Å². The summed E-state index contributed by atoms with van der Waals surface area (Å²) < 4.78 is 2.13. The number of imidazole rings is 1. The highest BCUT2D eigenvalue weighted by Crippen LogP contribution is 2.39. The van der Waals surface area contributed by atoms with Crippen LogP contribution in [0.15, 0.2) is 41.2 Å². The van der Waals surface area contributed by atoms with Gasteiger partial charge in [-0.1, -0.05) is 31.5 Å². The molecule has 1 N–H and O–H groups in total. The van der Waals surface area contributed by atoms with Gasteiger partial charge < -0.3 is 9.55 Å². The first kappa shape index (κ1) is 15.3. The fourth-order valence-corrected chi connectivity index (χ4v) is 4.45. The van der Waals surface area contributed by atoms with Crippen molar-refractivity contribution in [3.8, 4) is 0 Å². The normalized spacial score (nSPS) is 16.1. The Kier molecular flexibility index (Phi) is 3.81. The highest BCUT2D eigenvalue weighted by molar-refractivity contribution is 7.99. The number of hydrogen-bond acceptors (Lipinski definition) is 3. The van der Waals surface area contributed by atoms with Gasteiger partial charge in [0.05, 0.1) is 22.6 Å². The van der Waals surface area contributed by atoms with E-state index >= 15 is 0 Å². The van der Waals surface area contributed by atoms with Crippen molar-refractivity contribution in [3.05, 3.63) is 53.1 Å². The van der Waals surface area contributed by atoms with Crippen LogP contribution >= 0.6 is 11.8 Å². The van der Waals surface area contributed by atoms with Crippen LogP contribution in [0.1, 0.15) is 35.1 Å². The van der Waals surface area contributed by atoms with Crippen LogP contribution in [0.5, 0.6) is 0 Å². The summed E-state index contributed by atoms with van der Waals surface area (Å²) in [5.41, 5.74) is 4.77. The highest BCUT2D eigenvalue weighted by Gasteiger charge is 2.28. The molecule has 3 heterocycles. The maximum atomic E-state index is 13.1. The maximum absolute atomic E-state index is 13.1. The van der Waals surface area contributed by atoms with E-state index in [1.807, 2.05) is 31.3 Å². The number of hydrogen-bond donors (Lipinski definition) is 1. The summed E-state index contributed by atoms with van der Waals surface area (Å²) >= 11 is 1.73. The Morgan fingerprint density at radius 2 is 2.21 bits per heavy atom. The minimum atomic E-state index is 0.131. The van der Waals surface area contributed by atoms with Crippen LogP contribution in [-0.2, 0) is 13.5 Å². The zero-order valence-electron chi connectivity index (χ0n) is 13.8. The Labute approximate surface area is 145 Å². The van der Waals surface area contributed by atoms with E-state index in [9.17, 15) is 4.79 Å². The van der Waals surface area contributed by atoms with Crippen LogP contribution in [0.2, 0.25) is 0 Å². The lowest BCUT2D eigenvalue weighted by molar-refractivity contribution is 0.103. The first-order chi connectivity index (χ1) is 11.7. The van der Waals surface area contributed by atoms with Gasteiger partial charge in [-0.2, -0.15) is 0 Å². The predicted octanol–water partition coefficient (Wildman–Crippen LogP) is 4.23. The summed E-state index contributed by atoms with van der Waals surface area (Å²) in [5.74, 6) is 0.819.